The van der Waals surface area contributed by atoms with Gasteiger partial charge in [-0.05, 0) is 34.1 Å². The van der Waals surface area contributed by atoms with Crippen molar-refractivity contribution >= 4 is 17.8 Å². The number of carbonyl (C=O) groups excluding carboxylic acids is 1. The van der Waals surface area contributed by atoms with Crippen molar-refractivity contribution in [2.75, 3.05) is 11.9 Å². The Morgan fingerprint density at radius 2 is 1.57 bits per heavy atom. The van der Waals surface area contributed by atoms with Gasteiger partial charge in [-0.25, -0.2) is 0 Å². The summed E-state index contributed by atoms with van der Waals surface area (Å²) in [5.41, 5.74) is 1.74. The number of allylic oxidation sites excluding steroid dienone is 5. The molecule has 0 aliphatic carbocycles. The van der Waals surface area contributed by atoms with E-state index in [1.54, 1.807) is 18.2 Å². The van der Waals surface area contributed by atoms with Gasteiger partial charge >= 0.3 is 0 Å². The number of hydrogen-bond acceptors (Lipinski definition) is 4. The molecule has 30 heavy (non-hydrogen) atoms. The highest BCUT2D eigenvalue weighted by atomic mass is 16.3. The van der Waals surface area contributed by atoms with E-state index < -0.39 is 5.91 Å². The third kappa shape index (κ3) is 5.96. The molecule has 0 bridgehead atoms. The molecule has 1 aliphatic rings. The van der Waals surface area contributed by atoms with E-state index in [9.17, 15) is 15.0 Å². The van der Waals surface area contributed by atoms with Gasteiger partial charge in [-0.15, -0.1) is 0 Å². The Labute approximate surface area is 179 Å². The Balaban J connectivity index is 2.51. The van der Waals surface area contributed by atoms with Gasteiger partial charge in [0, 0.05) is 18.0 Å². The van der Waals surface area contributed by atoms with E-state index in [0.29, 0.717) is 12.2 Å². The molecule has 0 spiro atoms. The SMILES string of the molecule is CC(C)(C)c1cc(C(C)(C)C)c(NC(=O)C2=C(O)/C=C/C=C\C=C\CN=C2)cc1O. The Kier molecular flexibility index (Phi) is 7.08. The van der Waals surface area contributed by atoms with Crippen LogP contribution in [0.5, 0.6) is 5.75 Å². The van der Waals surface area contributed by atoms with Crippen LogP contribution >= 0.6 is 0 Å². The van der Waals surface area contributed by atoms with E-state index in [0.717, 1.165) is 11.1 Å². The molecule has 0 fully saturated rings. The number of carbonyl (C=O) groups is 1. The zero-order valence-electron chi connectivity index (χ0n) is 18.7. The molecule has 1 aromatic carbocycles. The molecule has 5 nitrogen and oxygen atoms in total. The maximum atomic E-state index is 13.0. The molecule has 0 unspecified atom stereocenters. The van der Waals surface area contributed by atoms with E-state index in [-0.39, 0.29) is 27.9 Å². The monoisotopic (exact) mass is 408 g/mol. The quantitative estimate of drug-likeness (QED) is 0.605. The van der Waals surface area contributed by atoms with Crippen LogP contribution < -0.4 is 5.32 Å². The lowest BCUT2D eigenvalue weighted by molar-refractivity contribution is -0.112. The van der Waals surface area contributed by atoms with Crippen LogP contribution in [-0.4, -0.2) is 28.9 Å². The third-order valence-electron chi connectivity index (χ3n) is 4.68. The van der Waals surface area contributed by atoms with Crippen molar-refractivity contribution in [1.82, 2.24) is 0 Å². The minimum atomic E-state index is -0.499. The largest absolute Gasteiger partial charge is 0.508 e. The van der Waals surface area contributed by atoms with Crippen LogP contribution in [0.1, 0.15) is 52.7 Å². The Bertz CT molecular complexity index is 950. The molecular formula is C25H32N2O3. The molecule has 0 saturated heterocycles. The van der Waals surface area contributed by atoms with Gasteiger partial charge < -0.3 is 15.5 Å². The van der Waals surface area contributed by atoms with Gasteiger partial charge in [0.25, 0.3) is 5.91 Å². The minimum absolute atomic E-state index is 0.0502. The summed E-state index contributed by atoms with van der Waals surface area (Å²) in [4.78, 5) is 17.2. The first-order valence-electron chi connectivity index (χ1n) is 10.0. The van der Waals surface area contributed by atoms with Crippen LogP contribution in [0.4, 0.5) is 5.69 Å². The van der Waals surface area contributed by atoms with Crippen molar-refractivity contribution in [2.45, 2.75) is 52.4 Å². The number of nitrogens with one attached hydrogen (secondary N) is 1. The highest BCUT2D eigenvalue weighted by Gasteiger charge is 2.26. The molecule has 1 heterocycles. The number of hydrogen-bond donors (Lipinski definition) is 3. The lowest BCUT2D eigenvalue weighted by atomic mass is 9.79. The maximum absolute atomic E-state index is 13.0. The first-order valence-corrected chi connectivity index (χ1v) is 10.0. The van der Waals surface area contributed by atoms with Crippen molar-refractivity contribution in [3.63, 3.8) is 0 Å². The number of phenolic OH excluding ortho intramolecular Hbond substituents is 1. The molecule has 3 N–H and O–H groups in total. The predicted molar refractivity (Wildman–Crippen MR) is 125 cm³/mol. The van der Waals surface area contributed by atoms with Gasteiger partial charge in [0.15, 0.2) is 0 Å². The number of nitrogens with zero attached hydrogens (tertiary/aromatic N) is 1. The molecule has 1 aliphatic heterocycles. The summed E-state index contributed by atoms with van der Waals surface area (Å²) < 4.78 is 0. The fourth-order valence-electron chi connectivity index (χ4n) is 3.05. The van der Waals surface area contributed by atoms with Crippen molar-refractivity contribution in [3.05, 3.63) is 71.0 Å². The van der Waals surface area contributed by atoms with Gasteiger partial charge in [-0.3, -0.25) is 9.79 Å². The Hall–Kier alpha value is -3.08. The summed E-state index contributed by atoms with van der Waals surface area (Å²) in [5.74, 6) is -0.563. The predicted octanol–water partition coefficient (Wildman–Crippen LogP) is 5.49. The van der Waals surface area contributed by atoms with Crippen LogP contribution in [0.25, 0.3) is 0 Å². The van der Waals surface area contributed by atoms with E-state index in [4.69, 9.17) is 0 Å². The zero-order chi connectivity index (χ0) is 22.5. The van der Waals surface area contributed by atoms with Crippen molar-refractivity contribution in [2.24, 2.45) is 4.99 Å². The van der Waals surface area contributed by atoms with Crippen molar-refractivity contribution < 1.29 is 15.0 Å². The number of aliphatic hydroxyl groups excluding tert-OH is 1. The summed E-state index contributed by atoms with van der Waals surface area (Å²) in [5, 5.41) is 23.9. The molecule has 1 amide bonds. The second kappa shape index (κ2) is 9.16. The summed E-state index contributed by atoms with van der Waals surface area (Å²) >= 11 is 0. The molecule has 0 radical (unpaired) electrons. The molecule has 2 rings (SSSR count). The number of amides is 1. The second-order valence-electron chi connectivity index (χ2n) is 9.33. The highest BCUT2D eigenvalue weighted by molar-refractivity contribution is 6.18. The van der Waals surface area contributed by atoms with Crippen LogP contribution in [0.15, 0.2) is 64.9 Å². The number of aliphatic imine (C=N–C) groups is 1. The third-order valence-corrected chi connectivity index (χ3v) is 4.68. The van der Waals surface area contributed by atoms with Gasteiger partial charge in [0.05, 0.1) is 12.1 Å². The first-order chi connectivity index (χ1) is 13.9. The average Bonchev–Trinajstić information content (AvgIpc) is 2.65. The first kappa shape index (κ1) is 23.2. The van der Waals surface area contributed by atoms with Crippen LogP contribution in [0.3, 0.4) is 0 Å². The summed E-state index contributed by atoms with van der Waals surface area (Å²) in [6, 6.07) is 3.53. The van der Waals surface area contributed by atoms with Crippen LogP contribution in [0, 0.1) is 0 Å². The average molecular weight is 409 g/mol. The number of aliphatic hydroxyl groups is 1. The summed E-state index contributed by atoms with van der Waals surface area (Å²) in [6.07, 6.45) is 11.7. The fourth-order valence-corrected chi connectivity index (χ4v) is 3.05. The van der Waals surface area contributed by atoms with Gasteiger partial charge in [0.2, 0.25) is 0 Å². The van der Waals surface area contributed by atoms with Gasteiger partial charge in [-0.1, -0.05) is 71.9 Å². The maximum Gasteiger partial charge on any atom is 0.260 e. The number of phenols is 1. The number of anilines is 1. The molecule has 1 aromatic rings. The minimum Gasteiger partial charge on any atom is -0.508 e. The highest BCUT2D eigenvalue weighted by Crippen LogP contribution is 2.39. The van der Waals surface area contributed by atoms with Crippen LogP contribution in [-0.2, 0) is 15.6 Å². The summed E-state index contributed by atoms with van der Waals surface area (Å²) in [6.45, 7) is 12.6. The molecule has 5 heteroatoms. The number of aromatic hydroxyl groups is 1. The van der Waals surface area contributed by atoms with Crippen molar-refractivity contribution in [3.8, 4) is 5.75 Å². The van der Waals surface area contributed by atoms with Crippen molar-refractivity contribution in [1.29, 1.82) is 0 Å². The normalized spacial score (nSPS) is 18.5. The Morgan fingerprint density at radius 3 is 2.20 bits per heavy atom. The number of benzene rings is 1. The van der Waals surface area contributed by atoms with Crippen LogP contribution in [0.2, 0.25) is 0 Å². The Morgan fingerprint density at radius 1 is 0.933 bits per heavy atom. The van der Waals surface area contributed by atoms with E-state index in [2.05, 4.69) is 10.3 Å². The molecule has 160 valence electrons. The lowest BCUT2D eigenvalue weighted by Crippen LogP contribution is -2.23. The molecule has 0 aromatic heterocycles. The molecule has 0 saturated carbocycles. The lowest BCUT2D eigenvalue weighted by Gasteiger charge is -2.28. The van der Waals surface area contributed by atoms with E-state index in [1.807, 2.05) is 65.8 Å². The molecular weight excluding hydrogens is 376 g/mol. The second-order valence-corrected chi connectivity index (χ2v) is 9.33. The topological polar surface area (TPSA) is 81.9 Å². The molecule has 0 atom stereocenters. The summed E-state index contributed by atoms with van der Waals surface area (Å²) in [7, 11) is 0. The van der Waals surface area contributed by atoms with Gasteiger partial charge in [-0.2, -0.15) is 0 Å². The fraction of sp³-hybridized carbons (Fsp3) is 0.360. The van der Waals surface area contributed by atoms with E-state index in [1.165, 1.54) is 12.3 Å². The smallest absolute Gasteiger partial charge is 0.260 e. The zero-order valence-corrected chi connectivity index (χ0v) is 18.7. The van der Waals surface area contributed by atoms with E-state index >= 15 is 0 Å². The number of rotatable bonds is 2. The standard InChI is InChI=1S/C25H32N2O3/c1-24(2,3)18-14-19(25(4,5)6)22(29)15-20(18)27-23(30)17-16-26-13-11-9-7-8-10-12-21(17)28/h7-12,14-16,28-29H,13H2,1-6H3,(H,27,30)/b8-7-,11-9+,12-10+,21-17?,26-16?. The van der Waals surface area contributed by atoms with Gasteiger partial charge in [0.1, 0.15) is 11.5 Å².